The van der Waals surface area contributed by atoms with Crippen molar-refractivity contribution in [3.05, 3.63) is 12.2 Å². The van der Waals surface area contributed by atoms with E-state index in [2.05, 4.69) is 11.4 Å². The topological polar surface area (TPSA) is 56.1 Å². The lowest BCUT2D eigenvalue weighted by Crippen LogP contribution is -2.38. The van der Waals surface area contributed by atoms with Gasteiger partial charge in [-0.1, -0.05) is 6.08 Å². The van der Waals surface area contributed by atoms with E-state index in [4.69, 9.17) is 5.26 Å². The fraction of sp³-hybridized carbons (Fsp3) is 0.636. The summed E-state index contributed by atoms with van der Waals surface area (Å²) in [4.78, 5) is 13.5. The van der Waals surface area contributed by atoms with Gasteiger partial charge in [-0.15, -0.1) is 0 Å². The number of nitriles is 1. The van der Waals surface area contributed by atoms with Gasteiger partial charge in [0, 0.05) is 19.0 Å². The van der Waals surface area contributed by atoms with Gasteiger partial charge in [-0.3, -0.25) is 4.79 Å². The first kappa shape index (κ1) is 10.2. The van der Waals surface area contributed by atoms with Crippen LogP contribution in [0.1, 0.15) is 19.3 Å². The highest BCUT2D eigenvalue weighted by Crippen LogP contribution is 2.15. The molecule has 0 aromatic rings. The fourth-order valence-corrected chi connectivity index (χ4v) is 2.15. The highest BCUT2D eigenvalue weighted by atomic mass is 16.2. The molecule has 0 bridgehead atoms. The van der Waals surface area contributed by atoms with E-state index in [1.54, 1.807) is 11.0 Å². The molecule has 4 nitrogen and oxygen atoms in total. The molecule has 2 heterocycles. The summed E-state index contributed by atoms with van der Waals surface area (Å²) in [5.74, 6) is 0.0888. The molecule has 2 unspecified atom stereocenters. The van der Waals surface area contributed by atoms with Crippen LogP contribution in [0, 0.1) is 11.3 Å². The van der Waals surface area contributed by atoms with Crippen LogP contribution in [0.3, 0.4) is 0 Å². The van der Waals surface area contributed by atoms with Crippen molar-refractivity contribution in [2.45, 2.75) is 31.3 Å². The molecule has 15 heavy (non-hydrogen) atoms. The minimum atomic E-state index is -0.348. The van der Waals surface area contributed by atoms with E-state index in [-0.39, 0.29) is 11.9 Å². The summed E-state index contributed by atoms with van der Waals surface area (Å²) in [6, 6.07) is 2.09. The summed E-state index contributed by atoms with van der Waals surface area (Å²) in [6.45, 7) is 1.60. The Morgan fingerprint density at radius 1 is 1.67 bits per heavy atom. The maximum absolute atomic E-state index is 11.9. The molecule has 1 fully saturated rings. The molecule has 80 valence electrons. The van der Waals surface area contributed by atoms with Gasteiger partial charge in [0.15, 0.2) is 0 Å². The van der Waals surface area contributed by atoms with E-state index in [1.807, 2.05) is 6.08 Å². The van der Waals surface area contributed by atoms with E-state index in [0.717, 1.165) is 19.4 Å². The highest BCUT2D eigenvalue weighted by molar-refractivity contribution is 5.78. The van der Waals surface area contributed by atoms with Crippen molar-refractivity contribution < 1.29 is 4.79 Å². The van der Waals surface area contributed by atoms with Crippen LogP contribution in [0.4, 0.5) is 0 Å². The Morgan fingerprint density at radius 3 is 3.20 bits per heavy atom. The van der Waals surface area contributed by atoms with Gasteiger partial charge in [-0.2, -0.15) is 5.26 Å². The maximum Gasteiger partial charge on any atom is 0.225 e. The Hall–Kier alpha value is -1.34. The zero-order valence-corrected chi connectivity index (χ0v) is 8.65. The smallest absolute Gasteiger partial charge is 0.225 e. The number of nitrogens with one attached hydrogen (secondary N) is 1. The van der Waals surface area contributed by atoms with Crippen molar-refractivity contribution in [1.82, 2.24) is 10.2 Å². The molecule has 1 N–H and O–H groups in total. The third-order valence-corrected chi connectivity index (χ3v) is 2.99. The average molecular weight is 205 g/mol. The molecule has 1 amide bonds. The van der Waals surface area contributed by atoms with E-state index in [9.17, 15) is 4.79 Å². The molecular formula is C11H15N3O. The number of nitrogens with zero attached hydrogens (tertiary/aromatic N) is 2. The van der Waals surface area contributed by atoms with E-state index in [1.165, 1.54) is 0 Å². The first-order valence-corrected chi connectivity index (χ1v) is 5.40. The predicted octanol–water partition coefficient (Wildman–Crippen LogP) is 0.419. The molecule has 1 saturated heterocycles. The molecule has 4 heteroatoms. The summed E-state index contributed by atoms with van der Waals surface area (Å²) in [6.07, 6.45) is 6.43. The van der Waals surface area contributed by atoms with Crippen LogP contribution >= 0.6 is 0 Å². The molecule has 0 spiro atoms. The highest BCUT2D eigenvalue weighted by Gasteiger charge is 2.27. The second-order valence-electron chi connectivity index (χ2n) is 4.05. The molecule has 0 saturated carbocycles. The number of amides is 1. The van der Waals surface area contributed by atoms with E-state index >= 15 is 0 Å². The lowest BCUT2D eigenvalue weighted by molar-refractivity contribution is -0.131. The zero-order chi connectivity index (χ0) is 10.7. The van der Waals surface area contributed by atoms with Crippen LogP contribution in [0.5, 0.6) is 0 Å². The van der Waals surface area contributed by atoms with Crippen LogP contribution in [0.15, 0.2) is 12.2 Å². The molecule has 0 aliphatic carbocycles. The van der Waals surface area contributed by atoms with Crippen molar-refractivity contribution in [3.63, 3.8) is 0 Å². The molecule has 2 atom stereocenters. The first-order chi connectivity index (χ1) is 7.31. The van der Waals surface area contributed by atoms with Gasteiger partial charge in [-0.05, 0) is 25.5 Å². The normalized spacial score (nSPS) is 29.4. The van der Waals surface area contributed by atoms with Gasteiger partial charge in [0.25, 0.3) is 0 Å². The minimum absolute atomic E-state index is 0.0888. The first-order valence-electron chi connectivity index (χ1n) is 5.40. The van der Waals surface area contributed by atoms with Gasteiger partial charge in [-0.25, -0.2) is 0 Å². The lowest BCUT2D eigenvalue weighted by atomic mass is 10.1. The van der Waals surface area contributed by atoms with Gasteiger partial charge >= 0.3 is 0 Å². The SMILES string of the molecule is N#CC1C=CCN1C(=O)CC1CCCN1. The maximum atomic E-state index is 11.9. The van der Waals surface area contributed by atoms with Crippen LogP contribution in [0.25, 0.3) is 0 Å². The van der Waals surface area contributed by atoms with Crippen LogP contribution in [0.2, 0.25) is 0 Å². The summed E-state index contributed by atoms with van der Waals surface area (Å²) in [7, 11) is 0. The van der Waals surface area contributed by atoms with E-state index in [0.29, 0.717) is 19.0 Å². The van der Waals surface area contributed by atoms with E-state index < -0.39 is 0 Å². The monoisotopic (exact) mass is 205 g/mol. The lowest BCUT2D eigenvalue weighted by Gasteiger charge is -2.21. The summed E-state index contributed by atoms with van der Waals surface area (Å²) in [5, 5.41) is 12.1. The second-order valence-corrected chi connectivity index (χ2v) is 4.05. The second kappa shape index (κ2) is 4.45. The molecule has 0 aromatic carbocycles. The van der Waals surface area contributed by atoms with Crippen molar-refractivity contribution in [3.8, 4) is 6.07 Å². The van der Waals surface area contributed by atoms with Crippen LogP contribution in [-0.4, -0.2) is 36.0 Å². The minimum Gasteiger partial charge on any atom is -0.319 e. The Bertz CT molecular complexity index is 312. The van der Waals surface area contributed by atoms with Crippen molar-refractivity contribution >= 4 is 5.91 Å². The van der Waals surface area contributed by atoms with Crippen molar-refractivity contribution in [2.24, 2.45) is 0 Å². The largest absolute Gasteiger partial charge is 0.319 e. The van der Waals surface area contributed by atoms with Gasteiger partial charge in [0.05, 0.1) is 6.07 Å². The molecule has 2 aliphatic rings. The van der Waals surface area contributed by atoms with Crippen LogP contribution < -0.4 is 5.32 Å². The number of carbonyl (C=O) groups is 1. The van der Waals surface area contributed by atoms with Gasteiger partial charge in [0.2, 0.25) is 5.91 Å². The molecule has 2 rings (SSSR count). The number of carbonyl (C=O) groups excluding carboxylic acids is 1. The predicted molar refractivity (Wildman–Crippen MR) is 55.9 cm³/mol. The molecule has 0 aromatic heterocycles. The Morgan fingerprint density at radius 2 is 2.53 bits per heavy atom. The van der Waals surface area contributed by atoms with Gasteiger partial charge in [0.1, 0.15) is 6.04 Å². The summed E-state index contributed by atoms with van der Waals surface area (Å²) in [5.41, 5.74) is 0. The summed E-state index contributed by atoms with van der Waals surface area (Å²) >= 11 is 0. The molecule has 2 aliphatic heterocycles. The third kappa shape index (κ3) is 2.18. The Labute approximate surface area is 89.6 Å². The third-order valence-electron chi connectivity index (χ3n) is 2.99. The van der Waals surface area contributed by atoms with Crippen LogP contribution in [-0.2, 0) is 4.79 Å². The molecular weight excluding hydrogens is 190 g/mol. The van der Waals surface area contributed by atoms with Crippen molar-refractivity contribution in [1.29, 1.82) is 5.26 Å². The fourth-order valence-electron chi connectivity index (χ4n) is 2.15. The Balaban J connectivity index is 1.88. The van der Waals surface area contributed by atoms with Gasteiger partial charge < -0.3 is 10.2 Å². The quantitative estimate of drug-likeness (QED) is 0.665. The number of hydrogen-bond donors (Lipinski definition) is 1. The zero-order valence-electron chi connectivity index (χ0n) is 8.65. The number of rotatable bonds is 2. The average Bonchev–Trinajstić information content (AvgIpc) is 2.86. The Kier molecular flexibility index (Phi) is 3.02. The molecule has 0 radical (unpaired) electrons. The standard InChI is InChI=1S/C11H15N3O/c12-8-10-4-2-6-14(10)11(15)7-9-3-1-5-13-9/h2,4,9-10,13H,1,3,5-7H2. The number of hydrogen-bond acceptors (Lipinski definition) is 3. The van der Waals surface area contributed by atoms with Crippen molar-refractivity contribution in [2.75, 3.05) is 13.1 Å². The summed E-state index contributed by atoms with van der Waals surface area (Å²) < 4.78 is 0.